The highest BCUT2D eigenvalue weighted by molar-refractivity contribution is 6.09. The molecule has 0 saturated carbocycles. The lowest BCUT2D eigenvalue weighted by molar-refractivity contribution is 0.0696. The molecule has 2 heterocycles. The van der Waals surface area contributed by atoms with Gasteiger partial charge in [0.15, 0.2) is 0 Å². The van der Waals surface area contributed by atoms with Gasteiger partial charge in [0.1, 0.15) is 11.5 Å². The fourth-order valence-corrected chi connectivity index (χ4v) is 3.79. The molecule has 2 aromatic heterocycles. The zero-order valence-electron chi connectivity index (χ0n) is 18.1. The first-order valence-electron chi connectivity index (χ1n) is 10.3. The van der Waals surface area contributed by atoms with Gasteiger partial charge in [-0.2, -0.15) is 0 Å². The minimum absolute atomic E-state index is 0.207. The second-order valence-corrected chi connectivity index (χ2v) is 7.71. The molecule has 7 nitrogen and oxygen atoms in total. The van der Waals surface area contributed by atoms with Crippen LogP contribution in [0.1, 0.15) is 45.1 Å². The molecule has 1 unspecified atom stereocenters. The predicted octanol–water partition coefficient (Wildman–Crippen LogP) is 4.81. The van der Waals surface area contributed by atoms with E-state index in [0.717, 1.165) is 22.2 Å². The predicted molar refractivity (Wildman–Crippen MR) is 124 cm³/mol. The number of hydrogen-bond acceptors (Lipinski definition) is 4. The van der Waals surface area contributed by atoms with Gasteiger partial charge in [-0.1, -0.05) is 36.4 Å². The molecule has 1 amide bonds. The van der Waals surface area contributed by atoms with Crippen LogP contribution in [0.5, 0.6) is 0 Å². The summed E-state index contributed by atoms with van der Waals surface area (Å²) in [6.07, 6.45) is 0. The summed E-state index contributed by atoms with van der Waals surface area (Å²) in [4.78, 5) is 29.0. The molecule has 0 saturated heterocycles. The first-order valence-corrected chi connectivity index (χ1v) is 10.3. The average Bonchev–Trinajstić information content (AvgIpc) is 3.05. The van der Waals surface area contributed by atoms with E-state index in [-0.39, 0.29) is 17.5 Å². The van der Waals surface area contributed by atoms with Gasteiger partial charge in [0.05, 0.1) is 22.8 Å². The summed E-state index contributed by atoms with van der Waals surface area (Å²) in [7, 11) is 1.86. The third kappa shape index (κ3) is 4.05. The second kappa shape index (κ2) is 8.55. The molecule has 0 aliphatic heterocycles. The van der Waals surface area contributed by atoms with Crippen molar-refractivity contribution >= 4 is 34.3 Å². The highest BCUT2D eigenvalue weighted by atomic mass is 16.4. The molecule has 0 fully saturated rings. The smallest absolute Gasteiger partial charge is 0.335 e. The maximum atomic E-state index is 13.4. The first kappa shape index (κ1) is 21.1. The number of aromatic carboxylic acids is 1. The van der Waals surface area contributed by atoms with Gasteiger partial charge >= 0.3 is 5.97 Å². The normalized spacial score (nSPS) is 11.8. The van der Waals surface area contributed by atoms with E-state index in [1.807, 2.05) is 67.9 Å². The molecule has 3 N–H and O–H groups in total. The Morgan fingerprint density at radius 3 is 2.41 bits per heavy atom. The number of hydrogen-bond donors (Lipinski definition) is 3. The molecule has 0 bridgehead atoms. The second-order valence-electron chi connectivity index (χ2n) is 7.71. The Balaban J connectivity index is 1.68. The quantitative estimate of drug-likeness (QED) is 0.409. The summed E-state index contributed by atoms with van der Waals surface area (Å²) in [5, 5.41) is 16.4. The molecular weight excluding hydrogens is 404 g/mol. The molecule has 162 valence electrons. The fraction of sp³-hybridized carbons (Fsp3) is 0.160. The van der Waals surface area contributed by atoms with Gasteiger partial charge in [0.25, 0.3) is 5.91 Å². The van der Waals surface area contributed by atoms with E-state index in [1.165, 1.54) is 12.1 Å². The number of benzene rings is 2. The zero-order chi connectivity index (χ0) is 22.8. The van der Waals surface area contributed by atoms with Crippen LogP contribution in [0.15, 0.2) is 66.7 Å². The topological polar surface area (TPSA) is 96.3 Å². The zero-order valence-corrected chi connectivity index (χ0v) is 18.1. The number of para-hydroxylation sites is 1. The molecule has 0 radical (unpaired) electrons. The van der Waals surface area contributed by atoms with Crippen molar-refractivity contribution in [3.05, 3.63) is 89.2 Å². The van der Waals surface area contributed by atoms with E-state index < -0.39 is 5.97 Å². The number of pyridine rings is 1. The molecule has 4 aromatic rings. The van der Waals surface area contributed by atoms with Crippen molar-refractivity contribution in [1.82, 2.24) is 14.9 Å². The van der Waals surface area contributed by atoms with Crippen LogP contribution in [0, 0.1) is 6.92 Å². The van der Waals surface area contributed by atoms with Crippen LogP contribution in [0.2, 0.25) is 0 Å². The highest BCUT2D eigenvalue weighted by Gasteiger charge is 2.23. The maximum Gasteiger partial charge on any atom is 0.335 e. The van der Waals surface area contributed by atoms with Crippen molar-refractivity contribution in [1.29, 1.82) is 0 Å². The highest BCUT2D eigenvalue weighted by Crippen LogP contribution is 2.32. The SMILES string of the molecule is Cc1cccc(Nc2c(C(=O)NC(C)c3ccc(C(=O)O)cc3)n(C)c3ccccc23)n1. The lowest BCUT2D eigenvalue weighted by Gasteiger charge is -2.16. The molecule has 1 atom stereocenters. The summed E-state index contributed by atoms with van der Waals surface area (Å²) in [6.45, 7) is 3.78. The molecule has 4 rings (SSSR count). The van der Waals surface area contributed by atoms with Gasteiger partial charge in [-0.25, -0.2) is 9.78 Å². The number of fused-ring (bicyclic) bond motifs is 1. The van der Waals surface area contributed by atoms with Gasteiger partial charge in [-0.05, 0) is 49.7 Å². The molecular formula is C25H24N4O3. The van der Waals surface area contributed by atoms with E-state index in [9.17, 15) is 9.59 Å². The lowest BCUT2D eigenvalue weighted by atomic mass is 10.1. The minimum atomic E-state index is -0.982. The third-order valence-corrected chi connectivity index (χ3v) is 5.47. The van der Waals surface area contributed by atoms with Crippen LogP contribution in [-0.4, -0.2) is 26.5 Å². The number of amides is 1. The van der Waals surface area contributed by atoms with Crippen LogP contribution < -0.4 is 10.6 Å². The number of aromatic nitrogens is 2. The molecule has 0 spiro atoms. The van der Waals surface area contributed by atoms with Crippen molar-refractivity contribution in [2.45, 2.75) is 19.9 Å². The standard InChI is InChI=1S/C25H24N4O3/c1-15-7-6-10-21(26-15)28-22-19-8-4-5-9-20(19)29(3)23(22)24(30)27-16(2)17-11-13-18(14-12-17)25(31)32/h4-14,16H,1-3H3,(H,26,28)(H,27,30)(H,31,32). The maximum absolute atomic E-state index is 13.4. The summed E-state index contributed by atoms with van der Waals surface area (Å²) in [5.41, 5.74) is 4.00. The number of carbonyl (C=O) groups is 2. The van der Waals surface area contributed by atoms with E-state index >= 15 is 0 Å². The molecule has 0 aliphatic carbocycles. The van der Waals surface area contributed by atoms with Gasteiger partial charge in [0.2, 0.25) is 0 Å². The summed E-state index contributed by atoms with van der Waals surface area (Å²) >= 11 is 0. The van der Waals surface area contributed by atoms with Crippen molar-refractivity contribution in [3.8, 4) is 0 Å². The van der Waals surface area contributed by atoms with Gasteiger partial charge < -0.3 is 20.3 Å². The number of nitrogens with zero attached hydrogens (tertiary/aromatic N) is 2. The van der Waals surface area contributed by atoms with Crippen LogP contribution in [0.25, 0.3) is 10.9 Å². The Bertz CT molecular complexity index is 1310. The van der Waals surface area contributed by atoms with Gasteiger partial charge in [-0.15, -0.1) is 0 Å². The third-order valence-electron chi connectivity index (χ3n) is 5.47. The number of nitrogens with one attached hydrogen (secondary N) is 2. The largest absolute Gasteiger partial charge is 0.478 e. The minimum Gasteiger partial charge on any atom is -0.478 e. The molecule has 0 aliphatic rings. The number of carboxylic acid groups (broad SMARTS) is 1. The van der Waals surface area contributed by atoms with E-state index in [2.05, 4.69) is 15.6 Å². The average molecular weight is 428 g/mol. The Hall–Kier alpha value is -4.13. The Morgan fingerprint density at radius 1 is 1.00 bits per heavy atom. The first-order chi connectivity index (χ1) is 15.3. The summed E-state index contributed by atoms with van der Waals surface area (Å²) < 4.78 is 1.86. The van der Waals surface area contributed by atoms with Crippen LogP contribution in [-0.2, 0) is 7.05 Å². The summed E-state index contributed by atoms with van der Waals surface area (Å²) in [5.74, 6) is -0.564. The number of carboxylic acids is 1. The van der Waals surface area contributed by atoms with Crippen LogP contribution >= 0.6 is 0 Å². The van der Waals surface area contributed by atoms with Crippen LogP contribution in [0.3, 0.4) is 0 Å². The van der Waals surface area contributed by atoms with Gasteiger partial charge in [0, 0.05) is 18.1 Å². The van der Waals surface area contributed by atoms with E-state index in [0.29, 0.717) is 17.2 Å². The fourth-order valence-electron chi connectivity index (χ4n) is 3.79. The molecule has 7 heteroatoms. The Kier molecular flexibility index (Phi) is 5.64. The summed E-state index contributed by atoms with van der Waals surface area (Å²) in [6, 6.07) is 19.7. The van der Waals surface area contributed by atoms with E-state index in [4.69, 9.17) is 5.11 Å². The molecule has 32 heavy (non-hydrogen) atoms. The monoisotopic (exact) mass is 428 g/mol. The molecule has 2 aromatic carbocycles. The van der Waals surface area contributed by atoms with Crippen molar-refractivity contribution in [2.24, 2.45) is 7.05 Å². The lowest BCUT2D eigenvalue weighted by Crippen LogP contribution is -2.29. The number of anilines is 2. The van der Waals surface area contributed by atoms with Crippen molar-refractivity contribution in [2.75, 3.05) is 5.32 Å². The Labute approximate surface area is 185 Å². The number of carbonyl (C=O) groups excluding carboxylic acids is 1. The van der Waals surface area contributed by atoms with Gasteiger partial charge in [-0.3, -0.25) is 4.79 Å². The van der Waals surface area contributed by atoms with Crippen LogP contribution in [0.4, 0.5) is 11.5 Å². The van der Waals surface area contributed by atoms with Crippen molar-refractivity contribution < 1.29 is 14.7 Å². The Morgan fingerprint density at radius 2 is 1.72 bits per heavy atom. The number of rotatable bonds is 6. The number of aryl methyl sites for hydroxylation is 2. The van der Waals surface area contributed by atoms with E-state index in [1.54, 1.807) is 12.1 Å². The van der Waals surface area contributed by atoms with Crippen molar-refractivity contribution in [3.63, 3.8) is 0 Å².